The fraction of sp³-hybridized carbons (Fsp3) is 0.500. The van der Waals surface area contributed by atoms with Gasteiger partial charge in [-0.25, -0.2) is 0 Å². The maximum atomic E-state index is 12.2. The lowest BCUT2D eigenvalue weighted by Crippen LogP contribution is -2.38. The predicted octanol–water partition coefficient (Wildman–Crippen LogP) is 0.437. The molecule has 0 aromatic carbocycles. The summed E-state index contributed by atoms with van der Waals surface area (Å²) in [6.07, 6.45) is 1.68. The summed E-state index contributed by atoms with van der Waals surface area (Å²) in [6, 6.07) is 3.54. The Hall–Kier alpha value is -1.46. The van der Waals surface area contributed by atoms with E-state index in [0.29, 0.717) is 31.8 Å². The molecule has 5 nitrogen and oxygen atoms in total. The van der Waals surface area contributed by atoms with Crippen LogP contribution in [0.2, 0.25) is 0 Å². The van der Waals surface area contributed by atoms with Crippen LogP contribution >= 0.6 is 0 Å². The Morgan fingerprint density at radius 2 is 2.29 bits per heavy atom. The van der Waals surface area contributed by atoms with Crippen molar-refractivity contribution in [2.45, 2.75) is 6.92 Å². The largest absolute Gasteiger partial charge is 0.383 e. The average molecular weight is 237 g/mol. The highest BCUT2D eigenvalue weighted by atomic mass is 16.5. The fourth-order valence-electron chi connectivity index (χ4n) is 1.55. The molecule has 0 fully saturated rings. The summed E-state index contributed by atoms with van der Waals surface area (Å²) in [6.45, 7) is 3.83. The van der Waals surface area contributed by atoms with Crippen LogP contribution in [0.25, 0.3) is 0 Å². The van der Waals surface area contributed by atoms with Gasteiger partial charge in [-0.05, 0) is 19.1 Å². The summed E-state index contributed by atoms with van der Waals surface area (Å²) in [4.78, 5) is 18.0. The lowest BCUT2D eigenvalue weighted by molar-refractivity contribution is 0.0700. The van der Waals surface area contributed by atoms with E-state index in [9.17, 15) is 4.79 Å². The number of aromatic nitrogens is 1. The second kappa shape index (κ2) is 6.98. The molecule has 2 N–H and O–H groups in total. The van der Waals surface area contributed by atoms with Crippen molar-refractivity contribution >= 4 is 5.91 Å². The number of hydrogen-bond donors (Lipinski definition) is 1. The van der Waals surface area contributed by atoms with Crippen LogP contribution in [-0.4, -0.2) is 49.1 Å². The van der Waals surface area contributed by atoms with E-state index >= 15 is 0 Å². The fourth-order valence-corrected chi connectivity index (χ4v) is 1.55. The molecule has 0 unspecified atom stereocenters. The Balaban J connectivity index is 2.80. The van der Waals surface area contributed by atoms with E-state index in [4.69, 9.17) is 10.5 Å². The van der Waals surface area contributed by atoms with Gasteiger partial charge in [0.25, 0.3) is 5.91 Å². The van der Waals surface area contributed by atoms with Crippen LogP contribution in [0.1, 0.15) is 16.1 Å². The van der Waals surface area contributed by atoms with Crippen molar-refractivity contribution in [3.8, 4) is 0 Å². The van der Waals surface area contributed by atoms with Gasteiger partial charge in [0.15, 0.2) is 0 Å². The normalized spacial score (nSPS) is 10.3. The van der Waals surface area contributed by atoms with Gasteiger partial charge in [0, 0.05) is 38.6 Å². The summed E-state index contributed by atoms with van der Waals surface area (Å²) in [7, 11) is 1.61. The SMILES string of the molecule is COCCN(CCN)C(=O)c1cccnc1C. The van der Waals surface area contributed by atoms with E-state index in [2.05, 4.69) is 4.98 Å². The molecule has 0 radical (unpaired) electrons. The third kappa shape index (κ3) is 3.80. The van der Waals surface area contributed by atoms with Crippen LogP contribution in [-0.2, 0) is 4.74 Å². The highest BCUT2D eigenvalue weighted by Crippen LogP contribution is 2.07. The maximum Gasteiger partial charge on any atom is 0.255 e. The van der Waals surface area contributed by atoms with Crippen molar-refractivity contribution in [1.29, 1.82) is 0 Å². The van der Waals surface area contributed by atoms with Gasteiger partial charge in [-0.15, -0.1) is 0 Å². The van der Waals surface area contributed by atoms with Gasteiger partial charge in [0.05, 0.1) is 12.2 Å². The molecule has 1 amide bonds. The van der Waals surface area contributed by atoms with Crippen LogP contribution in [0.5, 0.6) is 0 Å². The maximum absolute atomic E-state index is 12.2. The van der Waals surface area contributed by atoms with Crippen molar-refractivity contribution in [1.82, 2.24) is 9.88 Å². The van der Waals surface area contributed by atoms with E-state index in [-0.39, 0.29) is 5.91 Å². The molecule has 0 saturated carbocycles. The van der Waals surface area contributed by atoms with Crippen LogP contribution in [0.15, 0.2) is 18.3 Å². The molecule has 0 bridgehead atoms. The first kappa shape index (κ1) is 13.6. The monoisotopic (exact) mass is 237 g/mol. The molecule has 1 aromatic rings. The third-order valence-corrected chi connectivity index (χ3v) is 2.49. The number of nitrogens with zero attached hydrogens (tertiary/aromatic N) is 2. The molecule has 0 aliphatic rings. The first-order chi connectivity index (χ1) is 8.20. The van der Waals surface area contributed by atoms with Gasteiger partial charge in [-0.1, -0.05) is 0 Å². The summed E-state index contributed by atoms with van der Waals surface area (Å²) in [5.41, 5.74) is 6.86. The van der Waals surface area contributed by atoms with Crippen LogP contribution < -0.4 is 5.73 Å². The molecule has 0 saturated heterocycles. The molecule has 0 spiro atoms. The smallest absolute Gasteiger partial charge is 0.255 e. The Bertz CT molecular complexity index is 369. The molecular formula is C12H19N3O2. The molecule has 94 valence electrons. The number of ether oxygens (including phenoxy) is 1. The number of methoxy groups -OCH3 is 1. The number of rotatable bonds is 6. The van der Waals surface area contributed by atoms with E-state index < -0.39 is 0 Å². The van der Waals surface area contributed by atoms with Crippen molar-refractivity contribution in [3.05, 3.63) is 29.6 Å². The predicted molar refractivity (Wildman–Crippen MR) is 65.8 cm³/mol. The summed E-state index contributed by atoms with van der Waals surface area (Å²) >= 11 is 0. The number of hydrogen-bond acceptors (Lipinski definition) is 4. The molecule has 0 aliphatic heterocycles. The van der Waals surface area contributed by atoms with Crippen LogP contribution in [0.3, 0.4) is 0 Å². The Morgan fingerprint density at radius 3 is 2.88 bits per heavy atom. The summed E-state index contributed by atoms with van der Waals surface area (Å²) in [5, 5.41) is 0. The summed E-state index contributed by atoms with van der Waals surface area (Å²) in [5.74, 6) is -0.0434. The highest BCUT2D eigenvalue weighted by molar-refractivity contribution is 5.95. The first-order valence-corrected chi connectivity index (χ1v) is 5.60. The van der Waals surface area contributed by atoms with Crippen LogP contribution in [0.4, 0.5) is 0 Å². The molecule has 5 heteroatoms. The number of amides is 1. The van der Waals surface area contributed by atoms with Gasteiger partial charge >= 0.3 is 0 Å². The molecule has 1 heterocycles. The lowest BCUT2D eigenvalue weighted by Gasteiger charge is -2.22. The second-order valence-corrected chi connectivity index (χ2v) is 3.71. The van der Waals surface area contributed by atoms with Crippen molar-refractivity contribution in [3.63, 3.8) is 0 Å². The average Bonchev–Trinajstić information content (AvgIpc) is 2.34. The van der Waals surface area contributed by atoms with E-state index in [1.807, 2.05) is 6.92 Å². The van der Waals surface area contributed by atoms with E-state index in [0.717, 1.165) is 5.69 Å². The Kier molecular flexibility index (Phi) is 5.59. The standard InChI is InChI=1S/C12H19N3O2/c1-10-11(4-3-6-14-10)12(16)15(7-5-13)8-9-17-2/h3-4,6H,5,7-9,13H2,1-2H3. The van der Waals surface area contributed by atoms with Crippen molar-refractivity contribution in [2.24, 2.45) is 5.73 Å². The zero-order valence-electron chi connectivity index (χ0n) is 10.3. The zero-order valence-corrected chi connectivity index (χ0v) is 10.3. The molecular weight excluding hydrogens is 218 g/mol. The van der Waals surface area contributed by atoms with Gasteiger partial charge in [0.2, 0.25) is 0 Å². The van der Waals surface area contributed by atoms with Gasteiger partial charge in [-0.2, -0.15) is 0 Å². The molecule has 0 aliphatic carbocycles. The van der Waals surface area contributed by atoms with Crippen molar-refractivity contribution in [2.75, 3.05) is 33.4 Å². The minimum absolute atomic E-state index is 0.0434. The van der Waals surface area contributed by atoms with E-state index in [1.54, 1.807) is 30.3 Å². The quantitative estimate of drug-likeness (QED) is 0.779. The van der Waals surface area contributed by atoms with Crippen LogP contribution in [0, 0.1) is 6.92 Å². The second-order valence-electron chi connectivity index (χ2n) is 3.71. The topological polar surface area (TPSA) is 68.5 Å². The molecule has 1 rings (SSSR count). The number of nitrogens with two attached hydrogens (primary N) is 1. The third-order valence-electron chi connectivity index (χ3n) is 2.49. The number of carbonyl (C=O) groups is 1. The van der Waals surface area contributed by atoms with Gasteiger partial charge in [-0.3, -0.25) is 9.78 Å². The molecule has 17 heavy (non-hydrogen) atoms. The first-order valence-electron chi connectivity index (χ1n) is 5.60. The minimum Gasteiger partial charge on any atom is -0.383 e. The number of pyridine rings is 1. The van der Waals surface area contributed by atoms with Crippen molar-refractivity contribution < 1.29 is 9.53 Å². The Morgan fingerprint density at radius 1 is 1.53 bits per heavy atom. The number of aryl methyl sites for hydroxylation is 1. The molecule has 1 aromatic heterocycles. The van der Waals surface area contributed by atoms with E-state index in [1.165, 1.54) is 0 Å². The Labute approximate surface area is 102 Å². The van der Waals surface area contributed by atoms with Gasteiger partial charge < -0.3 is 15.4 Å². The minimum atomic E-state index is -0.0434. The lowest BCUT2D eigenvalue weighted by atomic mass is 10.2. The molecule has 0 atom stereocenters. The van der Waals surface area contributed by atoms with Gasteiger partial charge in [0.1, 0.15) is 0 Å². The summed E-state index contributed by atoms with van der Waals surface area (Å²) < 4.78 is 4.98. The zero-order chi connectivity index (χ0) is 12.7. The highest BCUT2D eigenvalue weighted by Gasteiger charge is 2.16. The number of carbonyl (C=O) groups excluding carboxylic acids is 1.